The minimum Gasteiger partial charge on any atom is -0.506 e. The molecular formula is C11H12ClN3O. The lowest BCUT2D eigenvalue weighted by molar-refractivity contribution is 0.471. The van der Waals surface area contributed by atoms with Gasteiger partial charge in [0.1, 0.15) is 11.6 Å². The lowest BCUT2D eigenvalue weighted by atomic mass is 10.1. The Morgan fingerprint density at radius 1 is 1.38 bits per heavy atom. The molecule has 0 aliphatic heterocycles. The van der Waals surface area contributed by atoms with Crippen molar-refractivity contribution in [3.05, 3.63) is 28.8 Å². The highest BCUT2D eigenvalue weighted by molar-refractivity contribution is 6.32. The molecule has 16 heavy (non-hydrogen) atoms. The van der Waals surface area contributed by atoms with Crippen LogP contribution < -0.4 is 5.73 Å². The second-order valence-corrected chi connectivity index (χ2v) is 4.11. The normalized spacial score (nSPS) is 10.7. The summed E-state index contributed by atoms with van der Waals surface area (Å²) >= 11 is 5.90. The Labute approximate surface area is 98.3 Å². The lowest BCUT2D eigenvalue weighted by Gasteiger charge is -2.04. The van der Waals surface area contributed by atoms with E-state index in [4.69, 9.17) is 17.3 Å². The zero-order valence-electron chi connectivity index (χ0n) is 9.03. The maximum Gasteiger partial charge on any atom is 0.137 e. The quantitative estimate of drug-likeness (QED) is 0.800. The van der Waals surface area contributed by atoms with Crippen LogP contribution in [-0.4, -0.2) is 14.9 Å². The fourth-order valence-corrected chi connectivity index (χ4v) is 1.77. The maximum absolute atomic E-state index is 9.56. The van der Waals surface area contributed by atoms with E-state index in [-0.39, 0.29) is 5.75 Å². The molecule has 0 aliphatic carbocycles. The molecule has 0 spiro atoms. The van der Waals surface area contributed by atoms with Crippen molar-refractivity contribution >= 4 is 17.4 Å². The monoisotopic (exact) mass is 237 g/mol. The highest BCUT2D eigenvalue weighted by Gasteiger charge is 2.09. The first-order valence-electron chi connectivity index (χ1n) is 4.78. The highest BCUT2D eigenvalue weighted by Crippen LogP contribution is 2.32. The van der Waals surface area contributed by atoms with Crippen LogP contribution >= 0.6 is 11.6 Å². The van der Waals surface area contributed by atoms with Crippen LogP contribution in [0.4, 0.5) is 5.82 Å². The first kappa shape index (κ1) is 10.8. The van der Waals surface area contributed by atoms with Crippen LogP contribution in [0.5, 0.6) is 5.75 Å². The Morgan fingerprint density at radius 3 is 2.56 bits per heavy atom. The molecule has 0 radical (unpaired) electrons. The molecule has 1 heterocycles. The third-order valence-electron chi connectivity index (χ3n) is 2.47. The van der Waals surface area contributed by atoms with Gasteiger partial charge in [0.25, 0.3) is 0 Å². The standard InChI is InChI=1S/C11H12ClN3O/c1-6-3-7(4-8(12)11(6)16)9-5-10(13)15(2)14-9/h3-5,16H,13H2,1-2H3. The Kier molecular flexibility index (Phi) is 2.52. The third-order valence-corrected chi connectivity index (χ3v) is 2.75. The largest absolute Gasteiger partial charge is 0.506 e. The van der Waals surface area contributed by atoms with E-state index in [9.17, 15) is 5.11 Å². The fraction of sp³-hybridized carbons (Fsp3) is 0.182. The molecule has 2 aromatic rings. The van der Waals surface area contributed by atoms with E-state index in [0.29, 0.717) is 16.4 Å². The van der Waals surface area contributed by atoms with E-state index >= 15 is 0 Å². The molecule has 0 saturated carbocycles. The van der Waals surface area contributed by atoms with Crippen LogP contribution in [0.2, 0.25) is 5.02 Å². The van der Waals surface area contributed by atoms with Crippen molar-refractivity contribution in [1.29, 1.82) is 0 Å². The number of benzene rings is 1. The number of aryl methyl sites for hydroxylation is 2. The van der Waals surface area contributed by atoms with E-state index in [2.05, 4.69) is 5.10 Å². The van der Waals surface area contributed by atoms with Gasteiger partial charge >= 0.3 is 0 Å². The number of rotatable bonds is 1. The van der Waals surface area contributed by atoms with E-state index in [1.54, 1.807) is 30.8 Å². The van der Waals surface area contributed by atoms with Crippen molar-refractivity contribution in [2.75, 3.05) is 5.73 Å². The summed E-state index contributed by atoms with van der Waals surface area (Å²) in [5.74, 6) is 0.686. The van der Waals surface area contributed by atoms with Crippen molar-refractivity contribution in [1.82, 2.24) is 9.78 Å². The molecule has 1 aromatic carbocycles. The number of nitrogens with two attached hydrogens (primary N) is 1. The summed E-state index contributed by atoms with van der Waals surface area (Å²) in [4.78, 5) is 0. The molecule has 4 nitrogen and oxygen atoms in total. The van der Waals surface area contributed by atoms with Crippen molar-refractivity contribution in [3.63, 3.8) is 0 Å². The van der Waals surface area contributed by atoms with Gasteiger partial charge in [0.05, 0.1) is 10.7 Å². The number of aromatic hydroxyl groups is 1. The van der Waals surface area contributed by atoms with Gasteiger partial charge < -0.3 is 10.8 Å². The number of aromatic nitrogens is 2. The summed E-state index contributed by atoms with van der Waals surface area (Å²) in [5, 5.41) is 14.1. The number of hydrogen-bond donors (Lipinski definition) is 2. The van der Waals surface area contributed by atoms with Gasteiger partial charge in [-0.15, -0.1) is 0 Å². The second-order valence-electron chi connectivity index (χ2n) is 3.70. The predicted octanol–water partition coefficient (Wildman–Crippen LogP) is 2.34. The van der Waals surface area contributed by atoms with Gasteiger partial charge in [0, 0.05) is 18.7 Å². The van der Waals surface area contributed by atoms with Gasteiger partial charge in [0.2, 0.25) is 0 Å². The van der Waals surface area contributed by atoms with E-state index in [1.807, 2.05) is 6.07 Å². The smallest absolute Gasteiger partial charge is 0.137 e. The van der Waals surface area contributed by atoms with Crippen LogP contribution in [0.15, 0.2) is 18.2 Å². The number of phenolic OH excluding ortho intramolecular Hbond substituents is 1. The maximum atomic E-state index is 9.56. The van der Waals surface area contributed by atoms with E-state index in [1.165, 1.54) is 0 Å². The number of nitrogens with zero attached hydrogens (tertiary/aromatic N) is 2. The molecular weight excluding hydrogens is 226 g/mol. The molecule has 0 saturated heterocycles. The zero-order chi connectivity index (χ0) is 11.9. The van der Waals surface area contributed by atoms with E-state index in [0.717, 1.165) is 11.3 Å². The predicted molar refractivity (Wildman–Crippen MR) is 64.5 cm³/mol. The van der Waals surface area contributed by atoms with Crippen LogP contribution in [0.25, 0.3) is 11.3 Å². The molecule has 0 amide bonds. The summed E-state index contributed by atoms with van der Waals surface area (Å²) in [6.07, 6.45) is 0. The van der Waals surface area contributed by atoms with Crippen molar-refractivity contribution in [2.45, 2.75) is 6.92 Å². The van der Waals surface area contributed by atoms with Gasteiger partial charge in [-0.1, -0.05) is 11.6 Å². The zero-order valence-corrected chi connectivity index (χ0v) is 9.78. The van der Waals surface area contributed by atoms with Crippen LogP contribution in [0.1, 0.15) is 5.56 Å². The molecule has 0 unspecified atom stereocenters. The highest BCUT2D eigenvalue weighted by atomic mass is 35.5. The molecule has 0 bridgehead atoms. The van der Waals surface area contributed by atoms with Gasteiger partial charge in [-0.05, 0) is 24.6 Å². The number of anilines is 1. The summed E-state index contributed by atoms with van der Waals surface area (Å²) in [6.45, 7) is 1.79. The van der Waals surface area contributed by atoms with Gasteiger partial charge in [-0.2, -0.15) is 5.10 Å². The Balaban J connectivity index is 2.56. The fourth-order valence-electron chi connectivity index (χ4n) is 1.51. The number of phenols is 1. The first-order valence-corrected chi connectivity index (χ1v) is 5.16. The van der Waals surface area contributed by atoms with Gasteiger partial charge in [-0.3, -0.25) is 4.68 Å². The molecule has 5 heteroatoms. The SMILES string of the molecule is Cc1cc(-c2cc(N)n(C)n2)cc(Cl)c1O. The average molecular weight is 238 g/mol. The Bertz CT molecular complexity index is 506. The second kappa shape index (κ2) is 3.72. The van der Waals surface area contributed by atoms with E-state index < -0.39 is 0 Å². The summed E-state index contributed by atoms with van der Waals surface area (Å²) < 4.78 is 1.59. The number of hydrogen-bond acceptors (Lipinski definition) is 3. The van der Waals surface area contributed by atoms with Gasteiger partial charge in [-0.25, -0.2) is 0 Å². The number of halogens is 1. The molecule has 84 valence electrons. The molecule has 0 atom stereocenters. The van der Waals surface area contributed by atoms with Crippen molar-refractivity contribution in [3.8, 4) is 17.0 Å². The molecule has 0 fully saturated rings. The minimum atomic E-state index is 0.106. The average Bonchev–Trinajstić information content (AvgIpc) is 2.55. The summed E-state index contributed by atoms with van der Waals surface area (Å²) in [5.41, 5.74) is 8.00. The Morgan fingerprint density at radius 2 is 2.06 bits per heavy atom. The van der Waals surface area contributed by atoms with Crippen molar-refractivity contribution < 1.29 is 5.11 Å². The Hall–Kier alpha value is -1.68. The topological polar surface area (TPSA) is 64.1 Å². The van der Waals surface area contributed by atoms with Crippen LogP contribution in [0.3, 0.4) is 0 Å². The molecule has 2 rings (SSSR count). The number of nitrogen functional groups attached to an aromatic ring is 1. The summed E-state index contributed by atoms with van der Waals surface area (Å²) in [7, 11) is 1.77. The molecule has 3 N–H and O–H groups in total. The molecule has 1 aromatic heterocycles. The lowest BCUT2D eigenvalue weighted by Crippen LogP contribution is -1.96. The van der Waals surface area contributed by atoms with Crippen molar-refractivity contribution in [2.24, 2.45) is 7.05 Å². The first-order chi connectivity index (χ1) is 7.49. The third kappa shape index (κ3) is 1.72. The molecule has 0 aliphatic rings. The summed E-state index contributed by atoms with van der Waals surface area (Å²) in [6, 6.07) is 5.26. The minimum absolute atomic E-state index is 0.106. The van der Waals surface area contributed by atoms with Crippen LogP contribution in [-0.2, 0) is 7.05 Å². The van der Waals surface area contributed by atoms with Crippen LogP contribution in [0, 0.1) is 6.92 Å². The van der Waals surface area contributed by atoms with Gasteiger partial charge in [0.15, 0.2) is 0 Å².